The molecule has 0 atom stereocenters. The monoisotopic (exact) mass is 488 g/mol. The van der Waals surface area contributed by atoms with Crippen molar-refractivity contribution in [1.29, 1.82) is 0 Å². The van der Waals surface area contributed by atoms with E-state index in [0.29, 0.717) is 45.1 Å². The number of aryl methyl sites for hydroxylation is 1. The van der Waals surface area contributed by atoms with Crippen molar-refractivity contribution in [2.45, 2.75) is 25.8 Å². The summed E-state index contributed by atoms with van der Waals surface area (Å²) in [6.07, 6.45) is 2.41. The number of benzene rings is 2. The molecule has 188 valence electrons. The van der Waals surface area contributed by atoms with Gasteiger partial charge in [0, 0.05) is 38.0 Å². The number of nitrogens with zero attached hydrogens (tertiary/aromatic N) is 4. The summed E-state index contributed by atoms with van der Waals surface area (Å²) in [5.74, 6) is 2.21. The lowest BCUT2D eigenvalue weighted by molar-refractivity contribution is 0.0532. The number of anilines is 1. The van der Waals surface area contributed by atoms with Crippen LogP contribution in [0.15, 0.2) is 48.5 Å². The van der Waals surface area contributed by atoms with E-state index in [2.05, 4.69) is 33.1 Å². The summed E-state index contributed by atoms with van der Waals surface area (Å²) in [6, 6.07) is 16.1. The van der Waals surface area contributed by atoms with E-state index in [1.165, 1.54) is 0 Å². The highest BCUT2D eigenvalue weighted by molar-refractivity contribution is 6.06. The Morgan fingerprint density at radius 3 is 2.64 bits per heavy atom. The standard InChI is InChI=1S/C27H32N6O3/c1-35-20-10-8-19(9-11-20)18-23-31-24-25(21-6-2-3-7-22(21)30-26(24)28)33(23)13-5-4-12-29-27(34)32-14-16-36-17-15-32/h2-3,6-11H,4-5,12-18H2,1H3,(H2,28,30)(H,29,34). The summed E-state index contributed by atoms with van der Waals surface area (Å²) in [5, 5.41) is 4.08. The van der Waals surface area contributed by atoms with E-state index in [9.17, 15) is 4.79 Å². The van der Waals surface area contributed by atoms with Crippen LogP contribution in [-0.2, 0) is 17.7 Å². The molecule has 0 radical (unpaired) electrons. The Hall–Kier alpha value is -3.85. The number of pyridine rings is 1. The van der Waals surface area contributed by atoms with Crippen molar-refractivity contribution >= 4 is 33.8 Å². The van der Waals surface area contributed by atoms with Crippen LogP contribution in [0.4, 0.5) is 10.6 Å². The number of carbonyl (C=O) groups is 1. The number of urea groups is 1. The molecule has 0 bridgehead atoms. The number of imidazole rings is 1. The molecule has 3 N–H and O–H groups in total. The average Bonchev–Trinajstić information content (AvgIpc) is 3.28. The number of morpholine rings is 1. The third-order valence-corrected chi connectivity index (χ3v) is 6.59. The van der Waals surface area contributed by atoms with Crippen LogP contribution < -0.4 is 15.8 Å². The molecule has 5 rings (SSSR count). The van der Waals surface area contributed by atoms with Gasteiger partial charge in [-0.1, -0.05) is 30.3 Å². The second-order valence-electron chi connectivity index (χ2n) is 8.95. The maximum atomic E-state index is 12.4. The van der Waals surface area contributed by atoms with Crippen LogP contribution >= 0.6 is 0 Å². The number of ether oxygens (including phenoxy) is 2. The molecule has 9 heteroatoms. The predicted molar refractivity (Wildman–Crippen MR) is 140 cm³/mol. The van der Waals surface area contributed by atoms with Crippen LogP contribution in [0.5, 0.6) is 5.75 Å². The van der Waals surface area contributed by atoms with Crippen molar-refractivity contribution in [1.82, 2.24) is 24.8 Å². The van der Waals surface area contributed by atoms with Gasteiger partial charge >= 0.3 is 6.03 Å². The summed E-state index contributed by atoms with van der Waals surface area (Å²) >= 11 is 0. The van der Waals surface area contributed by atoms with Crippen molar-refractivity contribution in [3.63, 3.8) is 0 Å². The zero-order chi connectivity index (χ0) is 24.9. The number of carbonyl (C=O) groups excluding carboxylic acids is 1. The Balaban J connectivity index is 1.36. The van der Waals surface area contributed by atoms with Crippen LogP contribution in [-0.4, -0.2) is 65.4 Å². The van der Waals surface area contributed by atoms with Crippen molar-refractivity contribution < 1.29 is 14.3 Å². The van der Waals surface area contributed by atoms with Gasteiger partial charge in [-0.15, -0.1) is 0 Å². The van der Waals surface area contributed by atoms with Crippen LogP contribution in [0.2, 0.25) is 0 Å². The minimum Gasteiger partial charge on any atom is -0.497 e. The molecule has 1 fully saturated rings. The number of rotatable bonds is 8. The summed E-state index contributed by atoms with van der Waals surface area (Å²) < 4.78 is 12.9. The van der Waals surface area contributed by atoms with E-state index < -0.39 is 0 Å². The van der Waals surface area contributed by atoms with Crippen molar-refractivity contribution in [3.8, 4) is 5.75 Å². The van der Waals surface area contributed by atoms with Gasteiger partial charge < -0.3 is 30.0 Å². The third-order valence-electron chi connectivity index (χ3n) is 6.59. The third kappa shape index (κ3) is 5.06. The van der Waals surface area contributed by atoms with Crippen LogP contribution in [0.3, 0.4) is 0 Å². The lowest BCUT2D eigenvalue weighted by atomic mass is 10.1. The Kier molecular flexibility index (Phi) is 7.18. The molecule has 2 amide bonds. The first-order chi connectivity index (χ1) is 17.6. The fraction of sp³-hybridized carbons (Fsp3) is 0.370. The van der Waals surface area contributed by atoms with E-state index >= 15 is 0 Å². The van der Waals surface area contributed by atoms with Gasteiger partial charge in [-0.2, -0.15) is 0 Å². The molecule has 1 aliphatic rings. The van der Waals surface area contributed by atoms with E-state index in [1.54, 1.807) is 7.11 Å². The summed E-state index contributed by atoms with van der Waals surface area (Å²) in [4.78, 5) is 23.7. The van der Waals surface area contributed by atoms with Gasteiger partial charge in [0.1, 0.15) is 17.1 Å². The summed E-state index contributed by atoms with van der Waals surface area (Å²) in [7, 11) is 1.67. The predicted octanol–water partition coefficient (Wildman–Crippen LogP) is 3.59. The number of aromatic nitrogens is 3. The number of nitrogens with two attached hydrogens (primary N) is 1. The second-order valence-corrected chi connectivity index (χ2v) is 8.95. The highest BCUT2D eigenvalue weighted by atomic mass is 16.5. The maximum absolute atomic E-state index is 12.4. The SMILES string of the molecule is COc1ccc(Cc2nc3c(N)nc4ccccc4c3n2CCCCNC(=O)N2CCOCC2)cc1. The molecule has 0 unspecified atom stereocenters. The quantitative estimate of drug-likeness (QED) is 0.367. The van der Waals surface area contributed by atoms with Crippen molar-refractivity contribution in [2.75, 3.05) is 45.7 Å². The number of methoxy groups -OCH3 is 1. The first kappa shape index (κ1) is 23.9. The molecule has 2 aromatic heterocycles. The number of amides is 2. The normalized spacial score (nSPS) is 13.9. The molecule has 2 aromatic carbocycles. The molecule has 1 saturated heterocycles. The van der Waals surface area contributed by atoms with E-state index in [4.69, 9.17) is 20.2 Å². The number of hydrogen-bond donors (Lipinski definition) is 2. The van der Waals surface area contributed by atoms with Crippen molar-refractivity contribution in [3.05, 3.63) is 59.9 Å². The Morgan fingerprint density at radius 1 is 1.08 bits per heavy atom. The molecular formula is C27H32N6O3. The zero-order valence-electron chi connectivity index (χ0n) is 20.6. The average molecular weight is 489 g/mol. The number of nitrogen functional groups attached to an aromatic ring is 1. The first-order valence-corrected chi connectivity index (χ1v) is 12.4. The molecular weight excluding hydrogens is 456 g/mol. The largest absolute Gasteiger partial charge is 0.497 e. The number of unbranched alkanes of at least 4 members (excludes halogenated alkanes) is 1. The lowest BCUT2D eigenvalue weighted by Gasteiger charge is -2.26. The van der Waals surface area contributed by atoms with Crippen LogP contribution in [0.1, 0.15) is 24.2 Å². The summed E-state index contributed by atoms with van der Waals surface area (Å²) in [6.45, 7) is 3.88. The van der Waals surface area contributed by atoms with E-state index in [-0.39, 0.29) is 6.03 Å². The number of fused-ring (bicyclic) bond motifs is 3. The minimum atomic E-state index is -0.0172. The van der Waals surface area contributed by atoms with Gasteiger partial charge in [-0.25, -0.2) is 14.8 Å². The molecule has 36 heavy (non-hydrogen) atoms. The molecule has 0 spiro atoms. The molecule has 1 aliphatic heterocycles. The van der Waals surface area contributed by atoms with Gasteiger partial charge in [-0.3, -0.25) is 0 Å². The van der Waals surface area contributed by atoms with Gasteiger partial charge in [0.15, 0.2) is 5.82 Å². The highest BCUT2D eigenvalue weighted by Gasteiger charge is 2.18. The highest BCUT2D eigenvalue weighted by Crippen LogP contribution is 2.30. The van der Waals surface area contributed by atoms with Gasteiger partial charge in [0.05, 0.1) is 31.4 Å². The van der Waals surface area contributed by atoms with Crippen LogP contribution in [0, 0.1) is 0 Å². The van der Waals surface area contributed by atoms with Crippen LogP contribution in [0.25, 0.3) is 21.9 Å². The van der Waals surface area contributed by atoms with Gasteiger partial charge in [-0.05, 0) is 36.6 Å². The summed E-state index contributed by atoms with van der Waals surface area (Å²) in [5.41, 5.74) is 10.1. The lowest BCUT2D eigenvalue weighted by Crippen LogP contribution is -2.46. The Morgan fingerprint density at radius 2 is 1.86 bits per heavy atom. The zero-order valence-corrected chi connectivity index (χ0v) is 20.6. The Bertz CT molecular complexity index is 1350. The molecule has 0 saturated carbocycles. The Labute approximate surface area is 210 Å². The minimum absolute atomic E-state index is 0.0172. The first-order valence-electron chi connectivity index (χ1n) is 12.4. The molecule has 0 aliphatic carbocycles. The van der Waals surface area contributed by atoms with Gasteiger partial charge in [0.2, 0.25) is 0 Å². The van der Waals surface area contributed by atoms with E-state index in [1.807, 2.05) is 35.2 Å². The topological polar surface area (TPSA) is 108 Å². The number of para-hydroxylation sites is 1. The number of hydrogen-bond acceptors (Lipinski definition) is 6. The maximum Gasteiger partial charge on any atom is 0.317 e. The molecule has 3 heterocycles. The smallest absolute Gasteiger partial charge is 0.317 e. The van der Waals surface area contributed by atoms with Crippen molar-refractivity contribution in [2.24, 2.45) is 0 Å². The second kappa shape index (κ2) is 10.8. The molecule has 4 aromatic rings. The number of nitrogens with one attached hydrogen (secondary N) is 1. The fourth-order valence-electron chi connectivity index (χ4n) is 4.68. The fourth-order valence-corrected chi connectivity index (χ4v) is 4.68. The molecule has 9 nitrogen and oxygen atoms in total. The van der Waals surface area contributed by atoms with Gasteiger partial charge in [0.25, 0.3) is 0 Å². The van der Waals surface area contributed by atoms with E-state index in [0.717, 1.165) is 58.5 Å².